The maximum Gasteiger partial charge on any atom is 0.241 e. The first-order chi connectivity index (χ1) is 16.9. The Kier molecular flexibility index (Phi) is 7.67. The molecule has 1 fully saturated rings. The van der Waals surface area contributed by atoms with E-state index < -0.39 is 21.9 Å². The summed E-state index contributed by atoms with van der Waals surface area (Å²) in [5, 5.41) is 0. The van der Waals surface area contributed by atoms with Gasteiger partial charge >= 0.3 is 0 Å². The van der Waals surface area contributed by atoms with Gasteiger partial charge in [0.15, 0.2) is 0 Å². The van der Waals surface area contributed by atoms with Crippen molar-refractivity contribution >= 4 is 21.6 Å². The van der Waals surface area contributed by atoms with E-state index in [0.29, 0.717) is 26.2 Å². The van der Waals surface area contributed by atoms with Gasteiger partial charge in [-0.15, -0.1) is 0 Å². The third-order valence-electron chi connectivity index (χ3n) is 6.02. The maximum absolute atomic E-state index is 13.5. The number of halogens is 1. The molecule has 0 unspecified atom stereocenters. The van der Waals surface area contributed by atoms with E-state index in [-0.39, 0.29) is 17.2 Å². The van der Waals surface area contributed by atoms with Crippen molar-refractivity contribution in [3.05, 3.63) is 90.2 Å². The van der Waals surface area contributed by atoms with Crippen molar-refractivity contribution in [2.45, 2.75) is 17.4 Å². The number of nitrogens with zero attached hydrogens (tertiary/aromatic N) is 2. The number of ether oxygens (including phenoxy) is 1. The van der Waals surface area contributed by atoms with Gasteiger partial charge < -0.3 is 14.5 Å². The summed E-state index contributed by atoms with van der Waals surface area (Å²) in [7, 11) is -2.41. The van der Waals surface area contributed by atoms with Gasteiger partial charge in [0.25, 0.3) is 0 Å². The normalized spacial score (nSPS) is 15.0. The molecule has 1 aliphatic heterocycles. The summed E-state index contributed by atoms with van der Waals surface area (Å²) in [4.78, 5) is 17.3. The number of hydrogen-bond donors (Lipinski definition) is 1. The largest absolute Gasteiger partial charge is 0.495 e. The zero-order chi connectivity index (χ0) is 24.8. The highest BCUT2D eigenvalue weighted by Gasteiger charge is 2.32. The number of methoxy groups -OCH3 is 1. The molecule has 1 heterocycles. The highest BCUT2D eigenvalue weighted by atomic mass is 32.2. The van der Waals surface area contributed by atoms with Gasteiger partial charge in [-0.2, -0.15) is 4.72 Å². The average molecular weight is 498 g/mol. The first-order valence-electron chi connectivity index (χ1n) is 11.4. The SMILES string of the molecule is COc1ccccc1N1CCN(C(=O)[C@H](Cc2ccccc2)NS(=O)(=O)c2ccc(F)cc2)CC1. The highest BCUT2D eigenvalue weighted by Crippen LogP contribution is 2.28. The fraction of sp³-hybridized carbons (Fsp3) is 0.269. The summed E-state index contributed by atoms with van der Waals surface area (Å²) in [5.41, 5.74) is 1.79. The minimum absolute atomic E-state index is 0.0919. The quantitative estimate of drug-likeness (QED) is 0.518. The molecule has 184 valence electrons. The number of para-hydroxylation sites is 2. The number of anilines is 1. The number of amides is 1. The van der Waals surface area contributed by atoms with Crippen LogP contribution in [-0.4, -0.2) is 58.6 Å². The van der Waals surface area contributed by atoms with Crippen LogP contribution < -0.4 is 14.4 Å². The molecule has 0 radical (unpaired) electrons. The Labute approximate surface area is 205 Å². The van der Waals surface area contributed by atoms with Crippen molar-refractivity contribution < 1.29 is 22.3 Å². The monoisotopic (exact) mass is 497 g/mol. The van der Waals surface area contributed by atoms with Crippen molar-refractivity contribution in [2.24, 2.45) is 0 Å². The molecule has 1 atom stereocenters. The van der Waals surface area contributed by atoms with Crippen LogP contribution in [0.4, 0.5) is 10.1 Å². The number of rotatable bonds is 8. The summed E-state index contributed by atoms with van der Waals surface area (Å²) in [6.45, 7) is 2.07. The van der Waals surface area contributed by atoms with Crippen LogP contribution in [0.25, 0.3) is 0 Å². The number of piperazine rings is 1. The third kappa shape index (κ3) is 5.98. The van der Waals surface area contributed by atoms with Gasteiger partial charge in [0.1, 0.15) is 17.6 Å². The fourth-order valence-corrected chi connectivity index (χ4v) is 5.37. The van der Waals surface area contributed by atoms with Crippen LogP contribution in [0.3, 0.4) is 0 Å². The average Bonchev–Trinajstić information content (AvgIpc) is 2.88. The molecule has 0 spiro atoms. The van der Waals surface area contributed by atoms with Crippen molar-refractivity contribution in [3.63, 3.8) is 0 Å². The van der Waals surface area contributed by atoms with Gasteiger partial charge in [-0.1, -0.05) is 42.5 Å². The Hall–Kier alpha value is -3.43. The molecule has 1 N–H and O–H groups in total. The van der Waals surface area contributed by atoms with Gasteiger partial charge in [0, 0.05) is 26.2 Å². The predicted molar refractivity (Wildman–Crippen MR) is 132 cm³/mol. The Bertz CT molecular complexity index is 1250. The predicted octanol–water partition coefficient (Wildman–Crippen LogP) is 3.07. The van der Waals surface area contributed by atoms with Crippen molar-refractivity contribution in [1.82, 2.24) is 9.62 Å². The molecule has 35 heavy (non-hydrogen) atoms. The Morgan fingerprint density at radius 1 is 0.943 bits per heavy atom. The van der Waals surface area contributed by atoms with Gasteiger partial charge in [0.2, 0.25) is 15.9 Å². The van der Waals surface area contributed by atoms with E-state index in [0.717, 1.165) is 29.1 Å². The van der Waals surface area contributed by atoms with E-state index in [4.69, 9.17) is 4.74 Å². The second-order valence-corrected chi connectivity index (χ2v) is 10.0. The summed E-state index contributed by atoms with van der Waals surface area (Å²) >= 11 is 0. The standard InChI is InChI=1S/C26H28FN3O4S/c1-34-25-10-6-5-9-24(25)29-15-17-30(18-16-29)26(31)23(19-20-7-3-2-4-8-20)28-35(32,33)22-13-11-21(27)12-14-22/h2-14,23,28H,15-19H2,1H3/t23-/m0/s1. The van der Waals surface area contributed by atoms with Crippen LogP contribution in [0, 0.1) is 5.82 Å². The van der Waals surface area contributed by atoms with Crippen LogP contribution in [0.15, 0.2) is 83.8 Å². The Morgan fingerprint density at radius 3 is 2.23 bits per heavy atom. The number of benzene rings is 3. The lowest BCUT2D eigenvalue weighted by Gasteiger charge is -2.38. The molecule has 3 aromatic rings. The molecule has 4 rings (SSSR count). The molecule has 0 bridgehead atoms. The molecular formula is C26H28FN3O4S. The zero-order valence-corrected chi connectivity index (χ0v) is 20.2. The summed E-state index contributed by atoms with van der Waals surface area (Å²) in [6, 6.07) is 20.5. The summed E-state index contributed by atoms with van der Waals surface area (Å²) < 4.78 is 47.4. The maximum atomic E-state index is 13.5. The second-order valence-electron chi connectivity index (χ2n) is 8.30. The van der Waals surface area contributed by atoms with Crippen LogP contribution in [0.2, 0.25) is 0 Å². The van der Waals surface area contributed by atoms with E-state index in [1.165, 1.54) is 12.1 Å². The molecule has 0 saturated carbocycles. The first kappa shape index (κ1) is 24.7. The molecule has 1 amide bonds. The summed E-state index contributed by atoms with van der Waals surface area (Å²) in [5.74, 6) is -0.0608. The lowest BCUT2D eigenvalue weighted by Crippen LogP contribution is -2.55. The first-order valence-corrected chi connectivity index (χ1v) is 12.8. The van der Waals surface area contributed by atoms with Crippen LogP contribution >= 0.6 is 0 Å². The van der Waals surface area contributed by atoms with E-state index >= 15 is 0 Å². The number of hydrogen-bond acceptors (Lipinski definition) is 5. The van der Waals surface area contributed by atoms with Crippen molar-refractivity contribution in [1.29, 1.82) is 0 Å². The number of carbonyl (C=O) groups excluding carboxylic acids is 1. The van der Waals surface area contributed by atoms with Crippen molar-refractivity contribution in [3.8, 4) is 5.75 Å². The highest BCUT2D eigenvalue weighted by molar-refractivity contribution is 7.89. The molecule has 9 heteroatoms. The van der Waals surface area contributed by atoms with Gasteiger partial charge in [0.05, 0.1) is 17.7 Å². The lowest BCUT2D eigenvalue weighted by atomic mass is 10.1. The topological polar surface area (TPSA) is 79.0 Å². The van der Waals surface area contributed by atoms with Crippen molar-refractivity contribution in [2.75, 3.05) is 38.2 Å². The summed E-state index contributed by atoms with van der Waals surface area (Å²) in [6.07, 6.45) is 0.201. The van der Waals surface area contributed by atoms with E-state index in [1.54, 1.807) is 12.0 Å². The zero-order valence-electron chi connectivity index (χ0n) is 19.4. The second kappa shape index (κ2) is 10.9. The minimum Gasteiger partial charge on any atom is -0.495 e. The molecule has 0 aliphatic carbocycles. The lowest BCUT2D eigenvalue weighted by molar-refractivity contribution is -0.133. The van der Waals surface area contributed by atoms with Gasteiger partial charge in [-0.25, -0.2) is 12.8 Å². The Morgan fingerprint density at radius 2 is 1.57 bits per heavy atom. The van der Waals surface area contributed by atoms with Crippen LogP contribution in [0.5, 0.6) is 5.75 Å². The molecular weight excluding hydrogens is 469 g/mol. The molecule has 1 saturated heterocycles. The van der Waals surface area contributed by atoms with Gasteiger partial charge in [-0.3, -0.25) is 4.79 Å². The molecule has 1 aliphatic rings. The molecule has 7 nitrogen and oxygen atoms in total. The minimum atomic E-state index is -4.03. The van der Waals surface area contributed by atoms with Crippen LogP contribution in [-0.2, 0) is 21.2 Å². The third-order valence-corrected chi connectivity index (χ3v) is 7.51. The number of carbonyl (C=O) groups is 1. The van der Waals surface area contributed by atoms with Crippen LogP contribution in [0.1, 0.15) is 5.56 Å². The van der Waals surface area contributed by atoms with Gasteiger partial charge in [-0.05, 0) is 48.4 Å². The molecule has 0 aromatic heterocycles. The number of nitrogens with one attached hydrogen (secondary N) is 1. The number of sulfonamides is 1. The van der Waals surface area contributed by atoms with E-state index in [2.05, 4.69) is 9.62 Å². The van der Waals surface area contributed by atoms with E-state index in [1.807, 2.05) is 54.6 Å². The van der Waals surface area contributed by atoms with E-state index in [9.17, 15) is 17.6 Å². The fourth-order valence-electron chi connectivity index (χ4n) is 4.18. The molecule has 3 aromatic carbocycles. The Balaban J connectivity index is 1.51. The smallest absolute Gasteiger partial charge is 0.241 e.